The van der Waals surface area contributed by atoms with Crippen molar-refractivity contribution < 1.29 is 10.0 Å². The van der Waals surface area contributed by atoms with Gasteiger partial charge in [-0.05, 0) is 30.3 Å². The molecule has 0 heterocycles. The Morgan fingerprint density at radius 3 is 2.53 bits per heavy atom. The molecule has 2 aromatic carbocycles. The summed E-state index contributed by atoms with van der Waals surface area (Å²) in [4.78, 5) is 10.1. The maximum Gasteiger partial charge on any atom is 0.269 e. The minimum Gasteiger partial charge on any atom is -0.508 e. The normalized spacial score (nSPS) is 10.2. The van der Waals surface area contributed by atoms with E-state index in [0.717, 1.165) is 5.69 Å². The number of anilines is 1. The molecular formula is C13H11ClN2O3. The molecule has 0 spiro atoms. The summed E-state index contributed by atoms with van der Waals surface area (Å²) in [6, 6.07) is 10.8. The van der Waals surface area contributed by atoms with Gasteiger partial charge in [-0.2, -0.15) is 0 Å². The fourth-order valence-electron chi connectivity index (χ4n) is 1.59. The summed E-state index contributed by atoms with van der Waals surface area (Å²) < 4.78 is 0. The Morgan fingerprint density at radius 2 is 1.89 bits per heavy atom. The van der Waals surface area contributed by atoms with Gasteiger partial charge >= 0.3 is 0 Å². The molecule has 0 radical (unpaired) electrons. The van der Waals surface area contributed by atoms with E-state index in [4.69, 9.17) is 11.6 Å². The molecule has 0 saturated carbocycles. The van der Waals surface area contributed by atoms with Crippen LogP contribution in [0.15, 0.2) is 42.5 Å². The van der Waals surface area contributed by atoms with Gasteiger partial charge in [-0.25, -0.2) is 0 Å². The van der Waals surface area contributed by atoms with Crippen LogP contribution >= 0.6 is 11.6 Å². The average molecular weight is 279 g/mol. The van der Waals surface area contributed by atoms with Gasteiger partial charge in [-0.3, -0.25) is 10.1 Å². The smallest absolute Gasteiger partial charge is 0.269 e. The van der Waals surface area contributed by atoms with E-state index >= 15 is 0 Å². The predicted octanol–water partition coefficient (Wildman–Crippen LogP) is 3.57. The van der Waals surface area contributed by atoms with Crippen molar-refractivity contribution in [3.63, 3.8) is 0 Å². The number of non-ortho nitro benzene ring substituents is 1. The first kappa shape index (κ1) is 13.2. The zero-order valence-electron chi connectivity index (χ0n) is 9.84. The molecule has 0 bridgehead atoms. The third-order valence-corrected chi connectivity index (χ3v) is 2.84. The van der Waals surface area contributed by atoms with Crippen molar-refractivity contribution in [1.82, 2.24) is 0 Å². The highest BCUT2D eigenvalue weighted by molar-refractivity contribution is 6.30. The summed E-state index contributed by atoms with van der Waals surface area (Å²) in [7, 11) is 0. The van der Waals surface area contributed by atoms with Crippen LogP contribution in [0, 0.1) is 10.1 Å². The fraction of sp³-hybridized carbons (Fsp3) is 0.0769. The van der Waals surface area contributed by atoms with Crippen molar-refractivity contribution in [2.24, 2.45) is 0 Å². The second-order valence-corrected chi connectivity index (χ2v) is 4.37. The van der Waals surface area contributed by atoms with Gasteiger partial charge in [0.2, 0.25) is 0 Å². The van der Waals surface area contributed by atoms with Crippen LogP contribution < -0.4 is 5.32 Å². The molecular weight excluding hydrogens is 268 g/mol. The lowest BCUT2D eigenvalue weighted by Gasteiger charge is -2.08. The number of phenolic OH excluding ortho intramolecular Hbond substituents is 1. The number of hydrogen-bond acceptors (Lipinski definition) is 4. The van der Waals surface area contributed by atoms with E-state index in [-0.39, 0.29) is 11.4 Å². The van der Waals surface area contributed by atoms with E-state index in [1.165, 1.54) is 18.2 Å². The van der Waals surface area contributed by atoms with Crippen LogP contribution in [-0.4, -0.2) is 10.0 Å². The van der Waals surface area contributed by atoms with Crippen molar-refractivity contribution in [2.75, 3.05) is 5.32 Å². The standard InChI is InChI=1S/C13H11ClN2O3/c14-10-1-6-13(17)9(7-10)8-15-11-2-4-12(5-3-11)16(18)19/h1-7,15,17H,8H2. The van der Waals surface area contributed by atoms with Gasteiger partial charge < -0.3 is 10.4 Å². The topological polar surface area (TPSA) is 75.4 Å². The predicted molar refractivity (Wildman–Crippen MR) is 73.5 cm³/mol. The minimum atomic E-state index is -0.452. The zero-order chi connectivity index (χ0) is 13.8. The monoisotopic (exact) mass is 278 g/mol. The van der Waals surface area contributed by atoms with Crippen LogP contribution in [0.2, 0.25) is 5.02 Å². The number of aromatic hydroxyl groups is 1. The SMILES string of the molecule is O=[N+]([O-])c1ccc(NCc2cc(Cl)ccc2O)cc1. The summed E-state index contributed by atoms with van der Waals surface area (Å²) >= 11 is 5.84. The molecule has 0 unspecified atom stereocenters. The van der Waals surface area contributed by atoms with Crippen molar-refractivity contribution in [3.05, 3.63) is 63.2 Å². The lowest BCUT2D eigenvalue weighted by Crippen LogP contribution is -1.99. The minimum absolute atomic E-state index is 0.0381. The van der Waals surface area contributed by atoms with E-state index in [1.54, 1.807) is 24.3 Å². The summed E-state index contributed by atoms with van der Waals surface area (Å²) in [6.07, 6.45) is 0. The van der Waals surface area contributed by atoms with Crippen LogP contribution in [0.4, 0.5) is 11.4 Å². The van der Waals surface area contributed by atoms with Crippen LogP contribution in [0.5, 0.6) is 5.75 Å². The van der Waals surface area contributed by atoms with Gasteiger partial charge in [-0.15, -0.1) is 0 Å². The average Bonchev–Trinajstić information content (AvgIpc) is 2.40. The largest absolute Gasteiger partial charge is 0.508 e. The maximum absolute atomic E-state index is 10.5. The van der Waals surface area contributed by atoms with Crippen LogP contribution in [-0.2, 0) is 6.54 Å². The number of phenols is 1. The number of nitrogens with zero attached hydrogens (tertiary/aromatic N) is 1. The van der Waals surface area contributed by atoms with Crippen molar-refractivity contribution >= 4 is 23.0 Å². The Hall–Kier alpha value is -2.27. The van der Waals surface area contributed by atoms with Crippen molar-refractivity contribution in [2.45, 2.75) is 6.54 Å². The second-order valence-electron chi connectivity index (χ2n) is 3.93. The number of halogens is 1. The molecule has 2 rings (SSSR count). The molecule has 0 saturated heterocycles. The van der Waals surface area contributed by atoms with Crippen molar-refractivity contribution in [3.8, 4) is 5.75 Å². The Morgan fingerprint density at radius 1 is 1.21 bits per heavy atom. The van der Waals surface area contributed by atoms with Gasteiger partial charge in [0.25, 0.3) is 5.69 Å². The highest BCUT2D eigenvalue weighted by atomic mass is 35.5. The summed E-state index contributed by atoms with van der Waals surface area (Å²) in [5.41, 5.74) is 1.42. The number of nitrogens with one attached hydrogen (secondary N) is 1. The first-order valence-electron chi connectivity index (χ1n) is 5.52. The molecule has 0 amide bonds. The van der Waals surface area contributed by atoms with Crippen LogP contribution in [0.25, 0.3) is 0 Å². The van der Waals surface area contributed by atoms with Gasteiger partial charge in [0.15, 0.2) is 0 Å². The molecule has 2 aromatic rings. The Bertz CT molecular complexity index is 599. The number of nitro benzene ring substituents is 1. The highest BCUT2D eigenvalue weighted by Gasteiger charge is 2.05. The van der Waals surface area contributed by atoms with Crippen LogP contribution in [0.1, 0.15) is 5.56 Å². The van der Waals surface area contributed by atoms with Gasteiger partial charge in [0.05, 0.1) is 4.92 Å². The molecule has 0 aromatic heterocycles. The molecule has 0 aliphatic heterocycles. The molecule has 5 nitrogen and oxygen atoms in total. The number of nitro groups is 1. The van der Waals surface area contributed by atoms with E-state index in [2.05, 4.69) is 5.32 Å². The van der Waals surface area contributed by atoms with Crippen LogP contribution in [0.3, 0.4) is 0 Å². The van der Waals surface area contributed by atoms with E-state index in [0.29, 0.717) is 17.1 Å². The summed E-state index contributed by atoms with van der Waals surface area (Å²) in [5.74, 6) is 0.152. The van der Waals surface area contributed by atoms with Gasteiger partial charge in [0.1, 0.15) is 5.75 Å². The third kappa shape index (κ3) is 3.35. The highest BCUT2D eigenvalue weighted by Crippen LogP contribution is 2.23. The number of benzene rings is 2. The summed E-state index contributed by atoms with van der Waals surface area (Å²) in [6.45, 7) is 0.379. The first-order chi connectivity index (χ1) is 9.06. The molecule has 98 valence electrons. The number of rotatable bonds is 4. The fourth-order valence-corrected chi connectivity index (χ4v) is 1.79. The van der Waals surface area contributed by atoms with Crippen molar-refractivity contribution in [1.29, 1.82) is 0 Å². The molecule has 6 heteroatoms. The molecule has 0 fully saturated rings. The lowest BCUT2D eigenvalue weighted by molar-refractivity contribution is -0.384. The molecule has 0 aliphatic carbocycles. The maximum atomic E-state index is 10.5. The van der Waals surface area contributed by atoms with E-state index in [1.807, 2.05) is 0 Å². The van der Waals surface area contributed by atoms with E-state index < -0.39 is 4.92 Å². The van der Waals surface area contributed by atoms with E-state index in [9.17, 15) is 15.2 Å². The number of hydrogen-bond donors (Lipinski definition) is 2. The second kappa shape index (κ2) is 5.58. The van der Waals surface area contributed by atoms with Gasteiger partial charge in [0, 0.05) is 35.0 Å². The Kier molecular flexibility index (Phi) is 3.87. The van der Waals surface area contributed by atoms with Gasteiger partial charge in [-0.1, -0.05) is 11.6 Å². The lowest BCUT2D eigenvalue weighted by atomic mass is 10.2. The third-order valence-electron chi connectivity index (χ3n) is 2.60. The Balaban J connectivity index is 2.06. The Labute approximate surface area is 114 Å². The molecule has 0 aliphatic rings. The summed E-state index contributed by atoms with van der Waals surface area (Å²) in [5, 5.41) is 23.7. The molecule has 19 heavy (non-hydrogen) atoms. The quantitative estimate of drug-likeness (QED) is 0.662. The molecule has 2 N–H and O–H groups in total. The first-order valence-corrected chi connectivity index (χ1v) is 5.90. The zero-order valence-corrected chi connectivity index (χ0v) is 10.6. The molecule has 0 atom stereocenters.